The summed E-state index contributed by atoms with van der Waals surface area (Å²) in [4.78, 5) is 29.4. The molecular weight excluding hydrogens is 333 g/mol. The van der Waals surface area contributed by atoms with E-state index in [2.05, 4.69) is 14.9 Å². The molecule has 2 aliphatic rings. The number of carbonyl (C=O) groups excluding carboxylic acids is 1. The van der Waals surface area contributed by atoms with E-state index < -0.39 is 5.95 Å². The molecular formula is C19H22FN5O. The largest absolute Gasteiger partial charge is 0.340 e. The lowest BCUT2D eigenvalue weighted by Gasteiger charge is -2.43. The highest BCUT2D eigenvalue weighted by molar-refractivity contribution is 6.04. The maximum atomic E-state index is 13.5. The van der Waals surface area contributed by atoms with E-state index in [0.29, 0.717) is 23.1 Å². The zero-order valence-electron chi connectivity index (χ0n) is 15.0. The van der Waals surface area contributed by atoms with Crippen molar-refractivity contribution in [2.24, 2.45) is 0 Å². The number of aromatic nitrogens is 3. The number of carbonyl (C=O) groups is 1. The van der Waals surface area contributed by atoms with Crippen LogP contribution in [0.1, 0.15) is 39.0 Å². The second-order valence-electron chi connectivity index (χ2n) is 6.94. The quantitative estimate of drug-likeness (QED) is 0.792. The molecule has 2 aromatic rings. The van der Waals surface area contributed by atoms with Crippen LogP contribution in [0.15, 0.2) is 24.5 Å². The molecule has 0 radical (unpaired) electrons. The van der Waals surface area contributed by atoms with Gasteiger partial charge in [-0.2, -0.15) is 4.39 Å². The van der Waals surface area contributed by atoms with E-state index in [9.17, 15) is 9.18 Å². The van der Waals surface area contributed by atoms with Crippen molar-refractivity contribution in [3.8, 4) is 11.4 Å². The number of likely N-dealkylation sites (N-methyl/N-ethyl adjacent to an activating group) is 1. The molecule has 1 amide bonds. The molecule has 0 saturated heterocycles. The van der Waals surface area contributed by atoms with Crippen molar-refractivity contribution in [2.45, 2.75) is 51.1 Å². The molecule has 1 unspecified atom stereocenters. The Bertz CT molecular complexity index is 836. The second-order valence-corrected chi connectivity index (χ2v) is 6.94. The van der Waals surface area contributed by atoms with Gasteiger partial charge in [-0.25, -0.2) is 15.0 Å². The standard InChI is InChI=1S/C19H22FN5O/c1-3-14-19(26)24(2)15-11-22-17(12-8-9-21-16(20)10-12)23-18(15)25(14)13-6-4-5-7-13/h8-11,13-14H,3-7H2,1-2H3. The first-order chi connectivity index (χ1) is 12.6. The van der Waals surface area contributed by atoms with Gasteiger partial charge >= 0.3 is 0 Å². The molecule has 4 rings (SSSR count). The van der Waals surface area contributed by atoms with Crippen molar-refractivity contribution in [3.05, 3.63) is 30.5 Å². The van der Waals surface area contributed by atoms with Crippen LogP contribution in [0.2, 0.25) is 0 Å². The lowest BCUT2D eigenvalue weighted by atomic mass is 10.0. The van der Waals surface area contributed by atoms with E-state index in [-0.39, 0.29) is 11.9 Å². The topological polar surface area (TPSA) is 62.2 Å². The lowest BCUT2D eigenvalue weighted by molar-refractivity contribution is -0.120. The van der Waals surface area contributed by atoms with Gasteiger partial charge < -0.3 is 9.80 Å². The Labute approximate surface area is 152 Å². The predicted octanol–water partition coefficient (Wildman–Crippen LogP) is 3.18. The molecule has 0 N–H and O–H groups in total. The Kier molecular flexibility index (Phi) is 4.30. The molecule has 0 spiro atoms. The number of hydrogen-bond acceptors (Lipinski definition) is 5. The van der Waals surface area contributed by atoms with Crippen molar-refractivity contribution >= 4 is 17.4 Å². The first-order valence-electron chi connectivity index (χ1n) is 9.15. The maximum absolute atomic E-state index is 13.5. The van der Waals surface area contributed by atoms with Crippen LogP contribution in [0.5, 0.6) is 0 Å². The molecule has 7 heteroatoms. The van der Waals surface area contributed by atoms with E-state index in [1.165, 1.54) is 25.1 Å². The summed E-state index contributed by atoms with van der Waals surface area (Å²) in [5, 5.41) is 0. The monoisotopic (exact) mass is 355 g/mol. The van der Waals surface area contributed by atoms with Gasteiger partial charge in [0.25, 0.3) is 0 Å². The second kappa shape index (κ2) is 6.63. The molecule has 3 heterocycles. The van der Waals surface area contributed by atoms with Crippen LogP contribution in [0.25, 0.3) is 11.4 Å². The smallest absolute Gasteiger partial charge is 0.249 e. The Morgan fingerprint density at radius 2 is 2.04 bits per heavy atom. The number of amides is 1. The zero-order chi connectivity index (χ0) is 18.3. The van der Waals surface area contributed by atoms with Crippen LogP contribution in [-0.4, -0.2) is 40.0 Å². The summed E-state index contributed by atoms with van der Waals surface area (Å²) < 4.78 is 13.5. The van der Waals surface area contributed by atoms with Crippen LogP contribution >= 0.6 is 0 Å². The van der Waals surface area contributed by atoms with Crippen molar-refractivity contribution in [2.75, 3.05) is 16.8 Å². The summed E-state index contributed by atoms with van der Waals surface area (Å²) in [6, 6.07) is 3.12. The molecule has 1 atom stereocenters. The summed E-state index contributed by atoms with van der Waals surface area (Å²) in [6.07, 6.45) is 8.28. The number of pyridine rings is 1. The molecule has 26 heavy (non-hydrogen) atoms. The van der Waals surface area contributed by atoms with Crippen molar-refractivity contribution < 1.29 is 9.18 Å². The average Bonchev–Trinajstić information content (AvgIpc) is 3.18. The molecule has 2 aromatic heterocycles. The number of rotatable bonds is 3. The maximum Gasteiger partial charge on any atom is 0.249 e. The van der Waals surface area contributed by atoms with Gasteiger partial charge in [-0.1, -0.05) is 19.8 Å². The average molecular weight is 355 g/mol. The van der Waals surface area contributed by atoms with Gasteiger partial charge in [-0.05, 0) is 25.3 Å². The first-order valence-corrected chi connectivity index (χ1v) is 9.15. The molecule has 136 valence electrons. The van der Waals surface area contributed by atoms with Crippen LogP contribution in [0.4, 0.5) is 15.9 Å². The third kappa shape index (κ3) is 2.71. The Balaban J connectivity index is 1.84. The van der Waals surface area contributed by atoms with Crippen molar-refractivity contribution in [1.29, 1.82) is 0 Å². The zero-order valence-corrected chi connectivity index (χ0v) is 15.0. The van der Waals surface area contributed by atoms with Gasteiger partial charge in [0.15, 0.2) is 11.6 Å². The van der Waals surface area contributed by atoms with Crippen LogP contribution in [0.3, 0.4) is 0 Å². The summed E-state index contributed by atoms with van der Waals surface area (Å²) >= 11 is 0. The highest BCUT2D eigenvalue weighted by atomic mass is 19.1. The first kappa shape index (κ1) is 16.9. The molecule has 1 fully saturated rings. The minimum atomic E-state index is -0.560. The van der Waals surface area contributed by atoms with Crippen LogP contribution in [-0.2, 0) is 4.79 Å². The number of halogens is 1. The summed E-state index contributed by atoms with van der Waals surface area (Å²) in [5.74, 6) is 0.743. The Hall–Kier alpha value is -2.57. The summed E-state index contributed by atoms with van der Waals surface area (Å²) in [7, 11) is 1.77. The van der Waals surface area contributed by atoms with Gasteiger partial charge in [0.1, 0.15) is 11.7 Å². The van der Waals surface area contributed by atoms with E-state index >= 15 is 0 Å². The normalized spacial score (nSPS) is 20.6. The van der Waals surface area contributed by atoms with Crippen LogP contribution in [0, 0.1) is 5.95 Å². The fourth-order valence-electron chi connectivity index (χ4n) is 4.06. The fourth-order valence-corrected chi connectivity index (χ4v) is 4.06. The molecule has 1 aliphatic carbocycles. The van der Waals surface area contributed by atoms with Gasteiger partial charge in [0.2, 0.25) is 11.9 Å². The van der Waals surface area contributed by atoms with Crippen molar-refractivity contribution in [3.63, 3.8) is 0 Å². The van der Waals surface area contributed by atoms with Gasteiger partial charge in [0, 0.05) is 30.9 Å². The predicted molar refractivity (Wildman–Crippen MR) is 97.4 cm³/mol. The number of hydrogen-bond donors (Lipinski definition) is 0. The molecule has 1 aliphatic heterocycles. The van der Waals surface area contributed by atoms with E-state index in [1.54, 1.807) is 24.2 Å². The fraction of sp³-hybridized carbons (Fsp3) is 0.474. The minimum Gasteiger partial charge on any atom is -0.340 e. The lowest BCUT2D eigenvalue weighted by Crippen LogP contribution is -2.55. The summed E-state index contributed by atoms with van der Waals surface area (Å²) in [5.41, 5.74) is 1.30. The number of anilines is 2. The summed E-state index contributed by atoms with van der Waals surface area (Å²) in [6.45, 7) is 2.03. The molecule has 0 bridgehead atoms. The van der Waals surface area contributed by atoms with Gasteiger partial charge in [-0.3, -0.25) is 4.79 Å². The molecule has 0 aromatic carbocycles. The molecule has 1 saturated carbocycles. The number of fused-ring (bicyclic) bond motifs is 1. The third-order valence-electron chi connectivity index (χ3n) is 5.40. The SMILES string of the molecule is CCC1C(=O)N(C)c2cnc(-c3ccnc(F)c3)nc2N1C1CCCC1. The highest BCUT2D eigenvalue weighted by Crippen LogP contribution is 2.40. The molecule has 6 nitrogen and oxygen atoms in total. The Morgan fingerprint density at radius 1 is 1.27 bits per heavy atom. The van der Waals surface area contributed by atoms with E-state index in [0.717, 1.165) is 25.1 Å². The van der Waals surface area contributed by atoms with Gasteiger partial charge in [-0.15, -0.1) is 0 Å². The number of nitrogens with zero attached hydrogens (tertiary/aromatic N) is 5. The van der Waals surface area contributed by atoms with Gasteiger partial charge in [0.05, 0.1) is 6.20 Å². The minimum absolute atomic E-state index is 0.0817. The Morgan fingerprint density at radius 3 is 2.73 bits per heavy atom. The van der Waals surface area contributed by atoms with Crippen molar-refractivity contribution in [1.82, 2.24) is 15.0 Å². The van der Waals surface area contributed by atoms with Crippen LogP contribution < -0.4 is 9.80 Å². The van der Waals surface area contributed by atoms with E-state index in [4.69, 9.17) is 4.98 Å². The third-order valence-corrected chi connectivity index (χ3v) is 5.40. The van der Waals surface area contributed by atoms with E-state index in [1.807, 2.05) is 6.92 Å². The highest BCUT2D eigenvalue weighted by Gasteiger charge is 2.41.